The van der Waals surface area contributed by atoms with E-state index in [1.807, 2.05) is 7.05 Å². The molecule has 4 unspecified atom stereocenters. The van der Waals surface area contributed by atoms with Crippen LogP contribution in [0.25, 0.3) is 6.08 Å². The molecule has 1 aromatic rings. The first kappa shape index (κ1) is 21.7. The number of rotatable bonds is 5. The standard InChI is InChI=1S/C18H24ClN3O7/c1-21-6-3-10(4-7-21)17(26)28-9-12-13(23)14(24)16(29-12)22-8-11(2-5-19)15(25)20-18(22)27/h2,5,8,10,12-14,16,23-24H,3-4,6-7,9H2,1H3,(H,20,25,27). The lowest BCUT2D eigenvalue weighted by Crippen LogP contribution is -2.39. The highest BCUT2D eigenvalue weighted by Crippen LogP contribution is 2.29. The van der Waals surface area contributed by atoms with Crippen molar-refractivity contribution in [3.8, 4) is 0 Å². The smallest absolute Gasteiger partial charge is 0.330 e. The van der Waals surface area contributed by atoms with Crippen LogP contribution in [-0.2, 0) is 14.3 Å². The molecule has 3 N–H and O–H groups in total. The predicted molar refractivity (Wildman–Crippen MR) is 103 cm³/mol. The Bertz CT molecular complexity index is 875. The molecule has 0 aromatic carbocycles. The van der Waals surface area contributed by atoms with Crippen molar-refractivity contribution >= 4 is 23.6 Å². The number of halogens is 1. The average molecular weight is 430 g/mol. The summed E-state index contributed by atoms with van der Waals surface area (Å²) in [4.78, 5) is 40.4. The minimum absolute atomic E-state index is 0.0713. The maximum absolute atomic E-state index is 12.3. The molecule has 11 heteroatoms. The normalized spacial score (nSPS) is 28.8. The van der Waals surface area contributed by atoms with Gasteiger partial charge >= 0.3 is 11.7 Å². The lowest BCUT2D eigenvalue weighted by molar-refractivity contribution is -0.156. The van der Waals surface area contributed by atoms with Gasteiger partial charge in [0.25, 0.3) is 5.56 Å². The van der Waals surface area contributed by atoms with Crippen LogP contribution in [0.2, 0.25) is 0 Å². The van der Waals surface area contributed by atoms with E-state index in [1.165, 1.54) is 12.3 Å². The second-order valence-corrected chi connectivity index (χ2v) is 7.55. The van der Waals surface area contributed by atoms with Gasteiger partial charge < -0.3 is 24.6 Å². The molecule has 0 bridgehead atoms. The van der Waals surface area contributed by atoms with E-state index in [1.54, 1.807) is 0 Å². The molecule has 0 amide bonds. The zero-order valence-electron chi connectivity index (χ0n) is 15.9. The number of aromatic nitrogens is 2. The molecule has 0 saturated carbocycles. The van der Waals surface area contributed by atoms with E-state index in [9.17, 15) is 24.6 Å². The topological polar surface area (TPSA) is 134 Å². The number of hydrogen-bond acceptors (Lipinski definition) is 8. The summed E-state index contributed by atoms with van der Waals surface area (Å²) in [5, 5.41) is 20.6. The number of aromatic amines is 1. The molecule has 2 fully saturated rings. The van der Waals surface area contributed by atoms with Crippen molar-refractivity contribution in [2.45, 2.75) is 37.4 Å². The van der Waals surface area contributed by atoms with Gasteiger partial charge in [-0.2, -0.15) is 0 Å². The largest absolute Gasteiger partial charge is 0.463 e. The van der Waals surface area contributed by atoms with Crippen molar-refractivity contribution in [3.63, 3.8) is 0 Å². The van der Waals surface area contributed by atoms with Crippen LogP contribution in [0.4, 0.5) is 0 Å². The third-order valence-electron chi connectivity index (χ3n) is 5.29. The van der Waals surface area contributed by atoms with Gasteiger partial charge in [0.1, 0.15) is 24.9 Å². The summed E-state index contributed by atoms with van der Waals surface area (Å²) in [6, 6.07) is 0. The van der Waals surface area contributed by atoms with Gasteiger partial charge in [0.15, 0.2) is 6.23 Å². The Morgan fingerprint density at radius 2 is 2.03 bits per heavy atom. The Morgan fingerprint density at radius 1 is 1.34 bits per heavy atom. The molecule has 1 aromatic heterocycles. The summed E-state index contributed by atoms with van der Waals surface area (Å²) in [5.74, 6) is -0.584. The van der Waals surface area contributed by atoms with Crippen LogP contribution in [0.3, 0.4) is 0 Å². The molecular weight excluding hydrogens is 406 g/mol. The molecule has 0 aliphatic carbocycles. The second-order valence-electron chi connectivity index (χ2n) is 7.30. The van der Waals surface area contributed by atoms with Crippen molar-refractivity contribution in [1.29, 1.82) is 0 Å². The number of nitrogens with one attached hydrogen (secondary N) is 1. The van der Waals surface area contributed by atoms with Gasteiger partial charge in [-0.25, -0.2) is 4.79 Å². The van der Waals surface area contributed by atoms with Crippen LogP contribution in [0.1, 0.15) is 24.6 Å². The number of nitrogens with zero attached hydrogens (tertiary/aromatic N) is 2. The highest BCUT2D eigenvalue weighted by atomic mass is 35.5. The minimum atomic E-state index is -1.46. The lowest BCUT2D eigenvalue weighted by atomic mass is 9.97. The average Bonchev–Trinajstić information content (AvgIpc) is 2.97. The summed E-state index contributed by atoms with van der Waals surface area (Å²) < 4.78 is 11.8. The highest BCUT2D eigenvalue weighted by molar-refractivity contribution is 6.27. The van der Waals surface area contributed by atoms with E-state index in [0.29, 0.717) is 12.8 Å². The Morgan fingerprint density at radius 3 is 2.69 bits per heavy atom. The van der Waals surface area contributed by atoms with Crippen molar-refractivity contribution < 1.29 is 24.5 Å². The zero-order chi connectivity index (χ0) is 21.1. The number of hydrogen-bond donors (Lipinski definition) is 3. The maximum Gasteiger partial charge on any atom is 0.330 e. The Labute approximate surface area is 171 Å². The molecule has 0 radical (unpaired) electrons. The minimum Gasteiger partial charge on any atom is -0.463 e. The number of esters is 1. The van der Waals surface area contributed by atoms with Crippen LogP contribution < -0.4 is 11.2 Å². The SMILES string of the molecule is CN1CCC(C(=O)OCC2OC(n3cc(C=CCl)c(=O)[nH]c3=O)C(O)C2O)CC1. The predicted octanol–water partition coefficient (Wildman–Crippen LogP) is -0.750. The lowest BCUT2D eigenvalue weighted by Gasteiger charge is -2.27. The number of aliphatic hydroxyl groups excluding tert-OH is 2. The van der Waals surface area contributed by atoms with E-state index in [2.05, 4.69) is 9.88 Å². The van der Waals surface area contributed by atoms with E-state index in [-0.39, 0.29) is 24.1 Å². The van der Waals surface area contributed by atoms with Crippen LogP contribution in [0, 0.1) is 5.92 Å². The third kappa shape index (κ3) is 4.78. The molecule has 2 aliphatic rings. The monoisotopic (exact) mass is 429 g/mol. The number of likely N-dealkylation sites (tertiary alicyclic amines) is 1. The fourth-order valence-corrected chi connectivity index (χ4v) is 3.64. The molecule has 2 aliphatic heterocycles. The molecule has 0 spiro atoms. The van der Waals surface area contributed by atoms with Crippen LogP contribution in [0.15, 0.2) is 21.3 Å². The third-order valence-corrected chi connectivity index (χ3v) is 5.42. The van der Waals surface area contributed by atoms with Crippen LogP contribution in [-0.4, -0.2) is 75.7 Å². The second kappa shape index (κ2) is 9.23. The number of aliphatic hydroxyl groups is 2. The summed E-state index contributed by atoms with van der Waals surface area (Å²) >= 11 is 5.49. The fraction of sp³-hybridized carbons (Fsp3) is 0.611. The van der Waals surface area contributed by atoms with Crippen molar-refractivity contribution in [2.24, 2.45) is 5.92 Å². The summed E-state index contributed by atoms with van der Waals surface area (Å²) in [6.45, 7) is 1.35. The van der Waals surface area contributed by atoms with Gasteiger partial charge in [0.2, 0.25) is 0 Å². The molecule has 3 heterocycles. The van der Waals surface area contributed by atoms with Crippen LogP contribution in [0.5, 0.6) is 0 Å². The summed E-state index contributed by atoms with van der Waals surface area (Å²) in [5.41, 5.74) is -0.297. The van der Waals surface area contributed by atoms with Crippen molar-refractivity contribution in [3.05, 3.63) is 38.1 Å². The first-order chi connectivity index (χ1) is 13.8. The van der Waals surface area contributed by atoms with E-state index < -0.39 is 35.8 Å². The first-order valence-electron chi connectivity index (χ1n) is 9.30. The van der Waals surface area contributed by atoms with Gasteiger partial charge in [0, 0.05) is 11.7 Å². The fourth-order valence-electron chi connectivity index (χ4n) is 3.50. The quantitative estimate of drug-likeness (QED) is 0.520. The molecule has 3 rings (SSSR count). The van der Waals surface area contributed by atoms with E-state index in [0.717, 1.165) is 23.2 Å². The van der Waals surface area contributed by atoms with Crippen molar-refractivity contribution in [2.75, 3.05) is 26.7 Å². The molecule has 160 valence electrons. The van der Waals surface area contributed by atoms with Gasteiger partial charge in [-0.1, -0.05) is 11.6 Å². The highest BCUT2D eigenvalue weighted by Gasteiger charge is 2.45. The van der Waals surface area contributed by atoms with Gasteiger partial charge in [-0.05, 0) is 39.1 Å². The summed E-state index contributed by atoms with van der Waals surface area (Å²) in [7, 11) is 1.99. The molecule has 4 atom stereocenters. The Kier molecular flexibility index (Phi) is 6.91. The molecular formula is C18H24ClN3O7. The Hall–Kier alpha value is -1.98. The molecule has 29 heavy (non-hydrogen) atoms. The zero-order valence-corrected chi connectivity index (χ0v) is 16.6. The van der Waals surface area contributed by atoms with Gasteiger partial charge in [-0.15, -0.1) is 0 Å². The summed E-state index contributed by atoms with van der Waals surface area (Å²) in [6.07, 6.45) is -1.28. The number of piperidine rings is 1. The maximum atomic E-state index is 12.3. The number of H-pyrrole nitrogens is 1. The molecule has 2 saturated heterocycles. The number of ether oxygens (including phenoxy) is 2. The van der Waals surface area contributed by atoms with Gasteiger partial charge in [0.05, 0.1) is 11.5 Å². The van der Waals surface area contributed by atoms with E-state index >= 15 is 0 Å². The van der Waals surface area contributed by atoms with Crippen molar-refractivity contribution in [1.82, 2.24) is 14.5 Å². The van der Waals surface area contributed by atoms with Gasteiger partial charge in [-0.3, -0.25) is 19.1 Å². The van der Waals surface area contributed by atoms with E-state index in [4.69, 9.17) is 21.1 Å². The molecule has 10 nitrogen and oxygen atoms in total. The number of carbonyl (C=O) groups excluding carboxylic acids is 1. The first-order valence-corrected chi connectivity index (χ1v) is 9.74. The Balaban J connectivity index is 1.67. The van der Waals surface area contributed by atoms with Crippen LogP contribution >= 0.6 is 11.6 Å². The number of carbonyl (C=O) groups is 1.